The number of aryl methyl sites for hydroxylation is 1. The minimum absolute atomic E-state index is 0.244. The van der Waals surface area contributed by atoms with Crippen molar-refractivity contribution < 1.29 is 13.9 Å². The van der Waals surface area contributed by atoms with Crippen molar-refractivity contribution in [3.8, 4) is 28.4 Å². The molecule has 0 radical (unpaired) electrons. The van der Waals surface area contributed by atoms with Crippen molar-refractivity contribution in [2.24, 2.45) is 0 Å². The van der Waals surface area contributed by atoms with Crippen LogP contribution in [-0.2, 0) is 6.54 Å². The number of halogens is 1. The van der Waals surface area contributed by atoms with Gasteiger partial charge >= 0.3 is 0 Å². The van der Waals surface area contributed by atoms with Crippen molar-refractivity contribution in [3.63, 3.8) is 0 Å². The van der Waals surface area contributed by atoms with E-state index in [1.165, 1.54) is 6.07 Å². The summed E-state index contributed by atoms with van der Waals surface area (Å²) in [6.45, 7) is 6.36. The molecular weight excluding hydrogens is 465 g/mol. The van der Waals surface area contributed by atoms with Crippen LogP contribution >= 0.6 is 0 Å². The molecule has 1 atom stereocenters. The second-order valence-corrected chi connectivity index (χ2v) is 9.12. The Morgan fingerprint density at radius 3 is 2.43 bits per heavy atom. The molecule has 0 fully saturated rings. The second-order valence-electron chi connectivity index (χ2n) is 9.12. The first-order valence-electron chi connectivity index (χ1n) is 12.8. The van der Waals surface area contributed by atoms with E-state index in [1.54, 1.807) is 20.1 Å². The summed E-state index contributed by atoms with van der Waals surface area (Å²) in [6.07, 6.45) is 2.71. The van der Waals surface area contributed by atoms with Crippen molar-refractivity contribution in [2.75, 3.05) is 7.11 Å². The molecule has 0 spiro atoms. The molecule has 0 aliphatic rings. The maximum Gasteiger partial charge on any atom is 0.270 e. The summed E-state index contributed by atoms with van der Waals surface area (Å²) >= 11 is 0. The Hall–Kier alpha value is -3.93. The van der Waals surface area contributed by atoms with Crippen molar-refractivity contribution in [1.82, 2.24) is 14.9 Å². The molecule has 0 aliphatic heterocycles. The first-order valence-corrected chi connectivity index (χ1v) is 12.8. The van der Waals surface area contributed by atoms with E-state index < -0.39 is 0 Å². The zero-order chi connectivity index (χ0) is 26.4. The molecule has 4 rings (SSSR count). The van der Waals surface area contributed by atoms with E-state index in [9.17, 15) is 9.18 Å². The summed E-state index contributed by atoms with van der Waals surface area (Å²) in [4.78, 5) is 19.0. The van der Waals surface area contributed by atoms with E-state index in [-0.39, 0.29) is 17.8 Å². The average Bonchev–Trinajstić information content (AvgIpc) is 3.33. The fourth-order valence-corrected chi connectivity index (χ4v) is 4.63. The van der Waals surface area contributed by atoms with E-state index in [1.807, 2.05) is 72.2 Å². The monoisotopic (exact) mass is 499 g/mol. The van der Waals surface area contributed by atoms with Crippen LogP contribution in [0.5, 0.6) is 5.75 Å². The van der Waals surface area contributed by atoms with Gasteiger partial charge in [-0.25, -0.2) is 9.37 Å². The molecule has 1 N–H and O–H groups in total. The van der Waals surface area contributed by atoms with Gasteiger partial charge in [-0.05, 0) is 38.0 Å². The fraction of sp³-hybridized carbons (Fsp3) is 0.290. The summed E-state index contributed by atoms with van der Waals surface area (Å²) in [6, 6.07) is 22.3. The molecule has 6 heteroatoms. The maximum atomic E-state index is 14.6. The minimum atomic E-state index is -0.328. The molecule has 0 saturated heterocycles. The molecule has 3 aromatic carbocycles. The predicted molar refractivity (Wildman–Crippen MR) is 146 cm³/mol. The first-order chi connectivity index (χ1) is 18.0. The molecule has 1 amide bonds. The van der Waals surface area contributed by atoms with E-state index in [2.05, 4.69) is 12.2 Å². The molecule has 5 nitrogen and oxygen atoms in total. The molecular formula is C31H34FN3O2. The molecule has 1 heterocycles. The quantitative estimate of drug-likeness (QED) is 0.248. The third-order valence-corrected chi connectivity index (χ3v) is 6.64. The Balaban J connectivity index is 1.84. The first kappa shape index (κ1) is 26.1. The summed E-state index contributed by atoms with van der Waals surface area (Å²) in [7, 11) is 1.64. The van der Waals surface area contributed by atoms with Crippen LogP contribution in [0, 0.1) is 12.7 Å². The Labute approximate surface area is 218 Å². The number of carbonyl (C=O) groups is 1. The number of nitrogens with zero attached hydrogens (tertiary/aromatic N) is 2. The highest BCUT2D eigenvalue weighted by molar-refractivity contribution is 6.00. The van der Waals surface area contributed by atoms with Crippen LogP contribution in [0.4, 0.5) is 4.39 Å². The van der Waals surface area contributed by atoms with E-state index >= 15 is 0 Å². The van der Waals surface area contributed by atoms with E-state index in [0.717, 1.165) is 36.1 Å². The smallest absolute Gasteiger partial charge is 0.270 e. The lowest BCUT2D eigenvalue weighted by Gasteiger charge is -2.22. The molecule has 192 valence electrons. The number of amides is 1. The van der Waals surface area contributed by atoms with Crippen molar-refractivity contribution >= 4 is 5.91 Å². The summed E-state index contributed by atoms with van der Waals surface area (Å²) in [5.41, 5.74) is 3.82. The Bertz CT molecular complexity index is 1360. The zero-order valence-electron chi connectivity index (χ0n) is 21.9. The lowest BCUT2D eigenvalue weighted by molar-refractivity contribution is 0.0925. The Morgan fingerprint density at radius 1 is 1.03 bits per heavy atom. The number of para-hydroxylation sites is 1. The van der Waals surface area contributed by atoms with Crippen LogP contribution in [-0.4, -0.2) is 22.6 Å². The van der Waals surface area contributed by atoms with Gasteiger partial charge in [-0.3, -0.25) is 4.79 Å². The Morgan fingerprint density at radius 2 is 1.76 bits per heavy atom. The number of aromatic nitrogens is 2. The van der Waals surface area contributed by atoms with Crippen LogP contribution in [0.3, 0.4) is 0 Å². The van der Waals surface area contributed by atoms with Crippen molar-refractivity contribution in [1.29, 1.82) is 0 Å². The van der Waals surface area contributed by atoms with Crippen LogP contribution in [0.25, 0.3) is 22.6 Å². The number of hydrogen-bond acceptors (Lipinski definition) is 3. The largest absolute Gasteiger partial charge is 0.496 e. The van der Waals surface area contributed by atoms with Gasteiger partial charge in [-0.2, -0.15) is 0 Å². The van der Waals surface area contributed by atoms with Crippen LogP contribution < -0.4 is 10.1 Å². The molecule has 0 bridgehead atoms. The number of imidazole rings is 1. The minimum Gasteiger partial charge on any atom is -0.496 e. The molecule has 0 aliphatic carbocycles. The van der Waals surface area contributed by atoms with Gasteiger partial charge in [-0.1, -0.05) is 80.4 Å². The number of ether oxygens (including phenoxy) is 1. The standard InChI is InChI=1S/C31H34FN3O2/c1-5-7-16-26(24-15-11-12-17-27(24)37-4)33-31(36)29-28(23-19-18-21(3)25(32)20-23)34-30(35(29)6-2)22-13-9-8-10-14-22/h8-15,17-20,26H,5-7,16H2,1-4H3,(H,33,36). The highest BCUT2D eigenvalue weighted by atomic mass is 19.1. The number of methoxy groups -OCH3 is 1. The van der Waals surface area contributed by atoms with Gasteiger partial charge in [0.25, 0.3) is 5.91 Å². The van der Waals surface area contributed by atoms with Gasteiger partial charge in [-0.15, -0.1) is 0 Å². The van der Waals surface area contributed by atoms with Gasteiger partial charge in [0.2, 0.25) is 0 Å². The highest BCUT2D eigenvalue weighted by Gasteiger charge is 2.27. The average molecular weight is 500 g/mol. The lowest BCUT2D eigenvalue weighted by Crippen LogP contribution is -2.31. The van der Waals surface area contributed by atoms with Gasteiger partial charge in [0, 0.05) is 23.2 Å². The molecule has 1 unspecified atom stereocenters. The fourth-order valence-electron chi connectivity index (χ4n) is 4.63. The summed E-state index contributed by atoms with van der Waals surface area (Å²) in [5.74, 6) is 0.830. The predicted octanol–water partition coefficient (Wildman–Crippen LogP) is 7.35. The summed E-state index contributed by atoms with van der Waals surface area (Å²) < 4.78 is 22.1. The zero-order valence-corrected chi connectivity index (χ0v) is 21.9. The third kappa shape index (κ3) is 5.58. The highest BCUT2D eigenvalue weighted by Crippen LogP contribution is 2.33. The number of benzene rings is 3. The second kappa shape index (κ2) is 11.9. The number of hydrogen-bond donors (Lipinski definition) is 1. The molecule has 0 saturated carbocycles. The number of unbranched alkanes of at least 4 members (excludes halogenated alkanes) is 1. The summed E-state index contributed by atoms with van der Waals surface area (Å²) in [5, 5.41) is 3.26. The Kier molecular flexibility index (Phi) is 8.39. The van der Waals surface area contributed by atoms with Gasteiger partial charge in [0.1, 0.15) is 28.8 Å². The van der Waals surface area contributed by atoms with Crippen molar-refractivity contribution in [2.45, 2.75) is 52.6 Å². The topological polar surface area (TPSA) is 56.2 Å². The molecule has 4 aromatic rings. The molecule has 1 aromatic heterocycles. The number of nitrogens with one attached hydrogen (secondary N) is 1. The van der Waals surface area contributed by atoms with Crippen LogP contribution in [0.1, 0.15) is 60.8 Å². The lowest BCUT2D eigenvalue weighted by atomic mass is 9.99. The molecule has 37 heavy (non-hydrogen) atoms. The SMILES string of the molecule is CCCCC(NC(=O)c1c(-c2ccc(C)c(F)c2)nc(-c2ccccc2)n1CC)c1ccccc1OC. The van der Waals surface area contributed by atoms with E-state index in [4.69, 9.17) is 9.72 Å². The van der Waals surface area contributed by atoms with E-state index in [0.29, 0.717) is 34.9 Å². The van der Waals surface area contributed by atoms with Crippen LogP contribution in [0.15, 0.2) is 72.8 Å². The van der Waals surface area contributed by atoms with Gasteiger partial charge in [0.05, 0.1) is 13.2 Å². The number of carbonyl (C=O) groups excluding carboxylic acids is 1. The number of rotatable bonds is 10. The van der Waals surface area contributed by atoms with Crippen LogP contribution in [0.2, 0.25) is 0 Å². The third-order valence-electron chi connectivity index (χ3n) is 6.64. The van der Waals surface area contributed by atoms with Crippen molar-refractivity contribution in [3.05, 3.63) is 95.4 Å². The van der Waals surface area contributed by atoms with Gasteiger partial charge in [0.15, 0.2) is 0 Å². The maximum absolute atomic E-state index is 14.6. The van der Waals surface area contributed by atoms with Gasteiger partial charge < -0.3 is 14.6 Å². The normalized spacial score (nSPS) is 11.8.